The van der Waals surface area contributed by atoms with E-state index >= 15 is 0 Å². The van der Waals surface area contributed by atoms with Crippen molar-refractivity contribution in [3.8, 4) is 11.8 Å². The van der Waals surface area contributed by atoms with Crippen LogP contribution < -0.4 is 0 Å². The molecule has 0 amide bonds. The Morgan fingerprint density at radius 3 is 2.16 bits per heavy atom. The quantitative estimate of drug-likeness (QED) is 0.788. The van der Waals surface area contributed by atoms with Gasteiger partial charge in [-0.15, -0.1) is 5.92 Å². The van der Waals surface area contributed by atoms with Crippen LogP contribution in [-0.2, 0) is 9.84 Å². The maximum atomic E-state index is 11.7. The second-order valence-corrected chi connectivity index (χ2v) is 7.00. The number of hydrogen-bond acceptors (Lipinski definition) is 2. The largest absolute Gasteiger partial charge is 0.224 e. The third-order valence-electron chi connectivity index (χ3n) is 3.40. The molecule has 0 radical (unpaired) electrons. The van der Waals surface area contributed by atoms with Crippen LogP contribution in [0.4, 0.5) is 0 Å². The summed E-state index contributed by atoms with van der Waals surface area (Å²) in [6.07, 6.45) is 0.866. The van der Waals surface area contributed by atoms with E-state index in [1.807, 2.05) is 19.1 Å². The van der Waals surface area contributed by atoms with E-state index in [1.165, 1.54) is 0 Å². The van der Waals surface area contributed by atoms with Crippen molar-refractivity contribution in [3.63, 3.8) is 0 Å². The first-order valence-corrected chi connectivity index (χ1v) is 8.38. The van der Waals surface area contributed by atoms with Crippen LogP contribution in [0.15, 0.2) is 29.2 Å². The minimum absolute atomic E-state index is 0.139. The van der Waals surface area contributed by atoms with Gasteiger partial charge in [-0.2, -0.15) is 0 Å². The third-order valence-corrected chi connectivity index (χ3v) is 5.15. The Balaban J connectivity index is 2.93. The van der Waals surface area contributed by atoms with Gasteiger partial charge in [0.15, 0.2) is 9.84 Å². The van der Waals surface area contributed by atoms with Gasteiger partial charge in [0.05, 0.1) is 10.6 Å². The van der Waals surface area contributed by atoms with Crippen molar-refractivity contribution in [3.05, 3.63) is 29.8 Å². The number of rotatable bonds is 4. The van der Waals surface area contributed by atoms with Crippen LogP contribution in [0, 0.1) is 17.8 Å². The Hall–Kier alpha value is -1.27. The highest BCUT2D eigenvalue weighted by Gasteiger charge is 2.15. The smallest absolute Gasteiger partial charge is 0.178 e. The molecule has 0 saturated carbocycles. The van der Waals surface area contributed by atoms with Gasteiger partial charge in [-0.25, -0.2) is 8.42 Å². The Kier molecular flexibility index (Phi) is 5.62. The monoisotopic (exact) mass is 278 g/mol. The second kappa shape index (κ2) is 6.77. The van der Waals surface area contributed by atoms with Crippen molar-refractivity contribution in [2.75, 3.05) is 5.75 Å². The summed E-state index contributed by atoms with van der Waals surface area (Å²) in [6.45, 7) is 7.92. The van der Waals surface area contributed by atoms with E-state index in [0.717, 1.165) is 12.0 Å². The molecule has 2 unspecified atom stereocenters. The molecule has 0 spiro atoms. The fourth-order valence-electron chi connectivity index (χ4n) is 1.82. The van der Waals surface area contributed by atoms with Gasteiger partial charge in [0.25, 0.3) is 0 Å². The van der Waals surface area contributed by atoms with Crippen LogP contribution in [-0.4, -0.2) is 14.2 Å². The summed E-state index contributed by atoms with van der Waals surface area (Å²) in [4.78, 5) is 0.401. The van der Waals surface area contributed by atoms with E-state index in [0.29, 0.717) is 10.8 Å². The van der Waals surface area contributed by atoms with Gasteiger partial charge in [-0.05, 0) is 23.6 Å². The predicted octanol–water partition coefficient (Wildman–Crippen LogP) is 3.63. The van der Waals surface area contributed by atoms with Crippen molar-refractivity contribution >= 4 is 9.84 Å². The van der Waals surface area contributed by atoms with E-state index in [1.54, 1.807) is 19.1 Å². The third kappa shape index (κ3) is 4.11. The zero-order valence-corrected chi connectivity index (χ0v) is 12.9. The second-order valence-electron chi connectivity index (χ2n) is 4.72. The number of sulfone groups is 1. The molecule has 0 aliphatic heterocycles. The Morgan fingerprint density at radius 1 is 1.11 bits per heavy atom. The first-order valence-electron chi connectivity index (χ1n) is 6.73. The summed E-state index contributed by atoms with van der Waals surface area (Å²) >= 11 is 0. The average Bonchev–Trinajstić information content (AvgIpc) is 2.44. The average molecular weight is 278 g/mol. The molecule has 2 atom stereocenters. The van der Waals surface area contributed by atoms with Gasteiger partial charge in [-0.3, -0.25) is 0 Å². The molecule has 0 heterocycles. The van der Waals surface area contributed by atoms with Gasteiger partial charge >= 0.3 is 0 Å². The highest BCUT2D eigenvalue weighted by Crippen LogP contribution is 2.25. The molecule has 1 aromatic rings. The van der Waals surface area contributed by atoms with Gasteiger partial charge in [-0.1, -0.05) is 45.7 Å². The van der Waals surface area contributed by atoms with Crippen molar-refractivity contribution in [2.45, 2.75) is 44.9 Å². The zero-order valence-electron chi connectivity index (χ0n) is 12.1. The molecule has 104 valence electrons. The summed E-state index contributed by atoms with van der Waals surface area (Å²) in [5.74, 6) is 7.03. The fraction of sp³-hybridized carbons (Fsp3) is 0.500. The summed E-state index contributed by atoms with van der Waals surface area (Å²) in [5, 5.41) is 0. The van der Waals surface area contributed by atoms with Crippen LogP contribution in [0.25, 0.3) is 0 Å². The SMILES string of the molecule is CCC#CC(C)C(C)c1ccc(S(=O)(=O)CC)cc1. The molecule has 0 fully saturated rings. The van der Waals surface area contributed by atoms with Crippen molar-refractivity contribution in [2.24, 2.45) is 5.92 Å². The highest BCUT2D eigenvalue weighted by atomic mass is 32.2. The Morgan fingerprint density at radius 2 is 1.68 bits per heavy atom. The number of hydrogen-bond donors (Lipinski definition) is 0. The fourth-order valence-corrected chi connectivity index (χ4v) is 2.71. The zero-order chi connectivity index (χ0) is 14.5. The van der Waals surface area contributed by atoms with Gasteiger partial charge in [0.2, 0.25) is 0 Å². The lowest BCUT2D eigenvalue weighted by atomic mass is 9.89. The lowest BCUT2D eigenvalue weighted by Gasteiger charge is -2.15. The molecule has 1 rings (SSSR count). The standard InChI is InChI=1S/C16H22O2S/c1-5-7-8-13(3)14(4)15-9-11-16(12-10-15)19(17,18)6-2/h9-14H,5-6H2,1-4H3. The van der Waals surface area contributed by atoms with Crippen LogP contribution in [0.3, 0.4) is 0 Å². The number of benzene rings is 1. The molecule has 0 aliphatic rings. The van der Waals surface area contributed by atoms with Crippen molar-refractivity contribution < 1.29 is 8.42 Å². The molecule has 19 heavy (non-hydrogen) atoms. The van der Waals surface area contributed by atoms with Crippen molar-refractivity contribution in [1.29, 1.82) is 0 Å². The Bertz CT molecular complexity index is 559. The molecule has 0 bridgehead atoms. The van der Waals surface area contributed by atoms with Gasteiger partial charge in [0.1, 0.15) is 0 Å². The lowest BCUT2D eigenvalue weighted by molar-refractivity contribution is 0.596. The van der Waals surface area contributed by atoms with Crippen molar-refractivity contribution in [1.82, 2.24) is 0 Å². The van der Waals surface area contributed by atoms with Crippen LogP contribution >= 0.6 is 0 Å². The molecule has 0 N–H and O–H groups in total. The predicted molar refractivity (Wildman–Crippen MR) is 79.8 cm³/mol. The lowest BCUT2D eigenvalue weighted by Crippen LogP contribution is -2.06. The highest BCUT2D eigenvalue weighted by molar-refractivity contribution is 7.91. The molecule has 0 aliphatic carbocycles. The summed E-state index contributed by atoms with van der Waals surface area (Å²) < 4.78 is 23.5. The van der Waals surface area contributed by atoms with Crippen LogP contribution in [0.5, 0.6) is 0 Å². The van der Waals surface area contributed by atoms with Gasteiger partial charge in [0, 0.05) is 12.3 Å². The summed E-state index contributed by atoms with van der Waals surface area (Å²) in [6, 6.07) is 7.20. The van der Waals surface area contributed by atoms with E-state index in [2.05, 4.69) is 25.7 Å². The minimum Gasteiger partial charge on any atom is -0.224 e. The van der Waals surface area contributed by atoms with E-state index in [-0.39, 0.29) is 11.7 Å². The first kappa shape index (κ1) is 15.8. The maximum Gasteiger partial charge on any atom is 0.178 e. The normalized spacial score (nSPS) is 14.3. The van der Waals surface area contributed by atoms with Gasteiger partial charge < -0.3 is 0 Å². The van der Waals surface area contributed by atoms with E-state index in [9.17, 15) is 8.42 Å². The van der Waals surface area contributed by atoms with E-state index < -0.39 is 9.84 Å². The molecule has 0 aromatic heterocycles. The van der Waals surface area contributed by atoms with Crippen LogP contribution in [0.1, 0.15) is 45.6 Å². The minimum atomic E-state index is -3.10. The topological polar surface area (TPSA) is 34.1 Å². The molecule has 1 aromatic carbocycles. The Labute approximate surface area is 117 Å². The molecule has 0 saturated heterocycles. The summed E-state index contributed by atoms with van der Waals surface area (Å²) in [7, 11) is -3.10. The summed E-state index contributed by atoms with van der Waals surface area (Å²) in [5.41, 5.74) is 1.13. The molecular formula is C16H22O2S. The molecule has 3 heteroatoms. The van der Waals surface area contributed by atoms with Crippen LogP contribution in [0.2, 0.25) is 0 Å². The molecule has 2 nitrogen and oxygen atoms in total. The maximum absolute atomic E-state index is 11.7. The van der Waals surface area contributed by atoms with E-state index in [4.69, 9.17) is 0 Å². The molecular weight excluding hydrogens is 256 g/mol. The first-order chi connectivity index (χ1) is 8.92.